The Morgan fingerprint density at radius 1 is 1.36 bits per heavy atom. The summed E-state index contributed by atoms with van der Waals surface area (Å²) in [6.45, 7) is 0.885. The summed E-state index contributed by atoms with van der Waals surface area (Å²) in [5.41, 5.74) is 0. The normalized spacial score (nSPS) is 24.6. The number of nitrogens with zero attached hydrogens (tertiary/aromatic N) is 4. The third-order valence-corrected chi connectivity index (χ3v) is 7.56. The molecule has 1 aromatic heterocycles. The summed E-state index contributed by atoms with van der Waals surface area (Å²) in [7, 11) is -2.00. The van der Waals surface area contributed by atoms with Gasteiger partial charge in [0, 0.05) is 26.2 Å². The number of amides is 1. The second-order valence-corrected chi connectivity index (χ2v) is 10.1. The van der Waals surface area contributed by atoms with E-state index in [1.807, 2.05) is 0 Å². The van der Waals surface area contributed by atoms with Gasteiger partial charge in [0.15, 0.2) is 15.0 Å². The second kappa shape index (κ2) is 8.19. The highest BCUT2D eigenvalue weighted by Gasteiger charge is 2.38. The van der Waals surface area contributed by atoms with Crippen molar-refractivity contribution in [3.63, 3.8) is 0 Å². The van der Waals surface area contributed by atoms with Gasteiger partial charge in [0.2, 0.25) is 11.7 Å². The maximum atomic E-state index is 12.8. The molecule has 2 fully saturated rings. The summed E-state index contributed by atoms with van der Waals surface area (Å²) in [5.74, 6) is -1.72. The van der Waals surface area contributed by atoms with Crippen molar-refractivity contribution >= 4 is 27.5 Å². The molecule has 0 N–H and O–H groups in total. The highest BCUT2D eigenvalue weighted by atomic mass is 32.2. The molecule has 3 rings (SSSR count). The van der Waals surface area contributed by atoms with Gasteiger partial charge in [0.05, 0.1) is 23.4 Å². The largest absolute Gasteiger partial charge is 0.451 e. The third-order valence-electron chi connectivity index (χ3n) is 4.81. The van der Waals surface area contributed by atoms with E-state index in [4.69, 9.17) is 4.74 Å². The average Bonchev–Trinajstić information content (AvgIpc) is 3.30. The number of hydrogen-bond donors (Lipinski definition) is 0. The number of hydrogen-bond acceptors (Lipinski definition) is 7. The lowest BCUT2D eigenvalue weighted by atomic mass is 10.1. The Hall–Kier alpha value is -1.34. The number of alkyl halides is 3. The highest BCUT2D eigenvalue weighted by molar-refractivity contribution is 7.99. The van der Waals surface area contributed by atoms with Crippen LogP contribution in [0.1, 0.15) is 25.1 Å². The van der Waals surface area contributed by atoms with E-state index < -0.39 is 27.9 Å². The predicted molar refractivity (Wildman–Crippen MR) is 94.5 cm³/mol. The number of sulfone groups is 1. The maximum absolute atomic E-state index is 12.8. The van der Waals surface area contributed by atoms with Gasteiger partial charge in [-0.3, -0.25) is 4.79 Å². The van der Waals surface area contributed by atoms with Crippen LogP contribution in [0.4, 0.5) is 13.2 Å². The van der Waals surface area contributed by atoms with Gasteiger partial charge in [-0.25, -0.2) is 8.42 Å². The van der Waals surface area contributed by atoms with Crippen LogP contribution in [0.2, 0.25) is 0 Å². The Bertz CT molecular complexity index is 822. The van der Waals surface area contributed by atoms with Crippen LogP contribution in [0.25, 0.3) is 0 Å². The number of halogens is 3. The van der Waals surface area contributed by atoms with E-state index >= 15 is 0 Å². The summed E-state index contributed by atoms with van der Waals surface area (Å²) in [6, 6.07) is -0.437. The standard InChI is InChI=1S/C15H21F3N4O4S2/c1-21-13(15(16,17)18)19-20-14(21)27-8-12(23)22(7-11-3-2-5-26-11)10-4-6-28(24,25)9-10/h10-11H,2-9H2,1H3. The molecule has 0 bridgehead atoms. The lowest BCUT2D eigenvalue weighted by Gasteiger charge is -2.30. The van der Waals surface area contributed by atoms with Crippen molar-refractivity contribution in [1.82, 2.24) is 19.7 Å². The number of rotatable bonds is 6. The van der Waals surface area contributed by atoms with E-state index in [1.165, 1.54) is 11.9 Å². The van der Waals surface area contributed by atoms with Crippen molar-refractivity contribution in [3.8, 4) is 0 Å². The minimum atomic E-state index is -4.63. The molecule has 1 amide bonds. The van der Waals surface area contributed by atoms with Gasteiger partial charge in [-0.05, 0) is 19.3 Å². The first kappa shape index (κ1) is 21.4. The number of aromatic nitrogens is 3. The SMILES string of the molecule is Cn1c(SCC(=O)N(CC2CCCO2)C2CCS(=O)(=O)C2)nnc1C(F)(F)F. The molecule has 2 atom stereocenters. The van der Waals surface area contributed by atoms with Crippen LogP contribution >= 0.6 is 11.8 Å². The van der Waals surface area contributed by atoms with Crippen molar-refractivity contribution in [3.05, 3.63) is 5.82 Å². The topological polar surface area (TPSA) is 94.4 Å². The fourth-order valence-electron chi connectivity index (χ4n) is 3.38. The van der Waals surface area contributed by atoms with E-state index in [9.17, 15) is 26.4 Å². The molecule has 0 aromatic carbocycles. The Kier molecular flexibility index (Phi) is 6.25. The zero-order valence-corrected chi connectivity index (χ0v) is 16.8. The molecule has 158 valence electrons. The van der Waals surface area contributed by atoms with Crippen LogP contribution in [0.5, 0.6) is 0 Å². The Morgan fingerprint density at radius 2 is 2.11 bits per heavy atom. The Labute approximate surface area is 164 Å². The zero-order chi connectivity index (χ0) is 20.5. The molecule has 13 heteroatoms. The van der Waals surface area contributed by atoms with Crippen molar-refractivity contribution in [2.75, 3.05) is 30.4 Å². The lowest BCUT2D eigenvalue weighted by molar-refractivity contribution is -0.147. The van der Waals surface area contributed by atoms with Gasteiger partial charge >= 0.3 is 6.18 Å². The van der Waals surface area contributed by atoms with Crippen LogP contribution in [-0.4, -0.2) is 76.5 Å². The van der Waals surface area contributed by atoms with Gasteiger partial charge in [0.1, 0.15) is 0 Å². The van der Waals surface area contributed by atoms with Crippen molar-refractivity contribution < 1.29 is 31.1 Å². The summed E-state index contributed by atoms with van der Waals surface area (Å²) in [5, 5.41) is 6.60. The molecular weight excluding hydrogens is 421 g/mol. The monoisotopic (exact) mass is 442 g/mol. The number of ether oxygens (including phenoxy) is 1. The molecule has 2 saturated heterocycles. The quantitative estimate of drug-likeness (QED) is 0.610. The van der Waals surface area contributed by atoms with E-state index in [0.29, 0.717) is 13.0 Å². The van der Waals surface area contributed by atoms with Crippen molar-refractivity contribution in [2.45, 2.75) is 42.7 Å². The smallest absolute Gasteiger partial charge is 0.376 e. The van der Waals surface area contributed by atoms with E-state index in [0.717, 1.165) is 29.2 Å². The van der Waals surface area contributed by atoms with Crippen molar-refractivity contribution in [2.24, 2.45) is 7.05 Å². The van der Waals surface area contributed by atoms with Gasteiger partial charge in [-0.1, -0.05) is 11.8 Å². The molecular formula is C15H21F3N4O4S2. The fourth-order valence-corrected chi connectivity index (χ4v) is 5.91. The molecule has 0 aliphatic carbocycles. The Balaban J connectivity index is 1.68. The molecule has 8 nitrogen and oxygen atoms in total. The van der Waals surface area contributed by atoms with Crippen LogP contribution in [0.3, 0.4) is 0 Å². The Morgan fingerprint density at radius 3 is 2.64 bits per heavy atom. The molecule has 0 saturated carbocycles. The van der Waals surface area contributed by atoms with Crippen LogP contribution in [0, 0.1) is 0 Å². The summed E-state index contributed by atoms with van der Waals surface area (Å²) >= 11 is 0.845. The molecule has 0 radical (unpaired) electrons. The van der Waals surface area contributed by atoms with Crippen LogP contribution in [0.15, 0.2) is 5.16 Å². The van der Waals surface area contributed by atoms with Gasteiger partial charge in [-0.15, -0.1) is 10.2 Å². The van der Waals surface area contributed by atoms with E-state index in [1.54, 1.807) is 0 Å². The maximum Gasteiger partial charge on any atom is 0.451 e. The average molecular weight is 442 g/mol. The molecule has 2 aliphatic heterocycles. The summed E-state index contributed by atoms with van der Waals surface area (Å²) in [6.07, 6.45) is -2.76. The van der Waals surface area contributed by atoms with Gasteiger partial charge in [0.25, 0.3) is 0 Å². The third kappa shape index (κ3) is 4.98. The van der Waals surface area contributed by atoms with E-state index in [-0.39, 0.29) is 41.0 Å². The first-order valence-corrected chi connectivity index (χ1v) is 11.6. The second-order valence-electron chi connectivity index (χ2n) is 6.89. The molecule has 1 aromatic rings. The summed E-state index contributed by atoms with van der Waals surface area (Å²) in [4.78, 5) is 14.3. The van der Waals surface area contributed by atoms with Crippen LogP contribution < -0.4 is 0 Å². The minimum Gasteiger partial charge on any atom is -0.376 e. The molecule has 28 heavy (non-hydrogen) atoms. The number of thioether (sulfide) groups is 1. The molecule has 2 unspecified atom stereocenters. The molecule has 3 heterocycles. The summed E-state index contributed by atoms with van der Waals surface area (Å²) < 4.78 is 68.5. The predicted octanol–water partition coefficient (Wildman–Crippen LogP) is 1.12. The van der Waals surface area contributed by atoms with Gasteiger partial charge < -0.3 is 14.2 Å². The number of carbonyl (C=O) groups is 1. The van der Waals surface area contributed by atoms with Crippen LogP contribution in [-0.2, 0) is 32.6 Å². The lowest BCUT2D eigenvalue weighted by Crippen LogP contribution is -2.46. The van der Waals surface area contributed by atoms with E-state index in [2.05, 4.69) is 10.2 Å². The van der Waals surface area contributed by atoms with Gasteiger partial charge in [-0.2, -0.15) is 13.2 Å². The fraction of sp³-hybridized carbons (Fsp3) is 0.800. The minimum absolute atomic E-state index is 0.0261. The number of carbonyl (C=O) groups excluding carboxylic acids is 1. The highest BCUT2D eigenvalue weighted by Crippen LogP contribution is 2.30. The zero-order valence-electron chi connectivity index (χ0n) is 15.2. The van der Waals surface area contributed by atoms with Crippen molar-refractivity contribution in [1.29, 1.82) is 0 Å². The first-order chi connectivity index (χ1) is 13.1. The first-order valence-electron chi connectivity index (χ1n) is 8.78. The molecule has 0 spiro atoms. The molecule has 2 aliphatic rings.